The van der Waals surface area contributed by atoms with E-state index in [0.717, 1.165) is 43.4 Å². The van der Waals surface area contributed by atoms with E-state index < -0.39 is 0 Å². The van der Waals surface area contributed by atoms with E-state index in [0.29, 0.717) is 10.4 Å². The molecule has 0 spiro atoms. The Hall–Kier alpha value is -1.55. The normalized spacial score (nSPS) is 19.1. The van der Waals surface area contributed by atoms with Gasteiger partial charge in [0.2, 0.25) is 5.95 Å². The molecule has 5 heteroatoms. The van der Waals surface area contributed by atoms with E-state index in [1.54, 1.807) is 6.07 Å². The van der Waals surface area contributed by atoms with E-state index >= 15 is 0 Å². The average Bonchev–Trinajstić information content (AvgIpc) is 2.57. The van der Waals surface area contributed by atoms with Crippen LogP contribution < -0.4 is 10.5 Å². The van der Waals surface area contributed by atoms with Crippen molar-refractivity contribution in [3.63, 3.8) is 0 Å². The Morgan fingerprint density at radius 2 is 1.96 bits per heavy atom. The molecule has 1 aliphatic heterocycles. The van der Waals surface area contributed by atoms with E-state index in [-0.39, 0.29) is 5.56 Å². The van der Waals surface area contributed by atoms with Crippen LogP contribution in [0.4, 0.5) is 5.95 Å². The van der Waals surface area contributed by atoms with Gasteiger partial charge in [0.15, 0.2) is 0 Å². The van der Waals surface area contributed by atoms with Gasteiger partial charge in [-0.25, -0.2) is 4.98 Å². The molecule has 1 aliphatic carbocycles. The van der Waals surface area contributed by atoms with Crippen molar-refractivity contribution in [2.75, 3.05) is 18.0 Å². The van der Waals surface area contributed by atoms with E-state index in [4.69, 9.17) is 16.6 Å². The molecule has 122 valence electrons. The van der Waals surface area contributed by atoms with Crippen LogP contribution in [0.25, 0.3) is 10.9 Å². The zero-order valence-electron chi connectivity index (χ0n) is 13.3. The van der Waals surface area contributed by atoms with Crippen molar-refractivity contribution < 1.29 is 0 Å². The number of nitrogens with zero attached hydrogens (tertiary/aromatic N) is 3. The molecular formula is C18H22ClN3O. The second-order valence-electron chi connectivity index (χ2n) is 6.83. The highest BCUT2D eigenvalue weighted by atomic mass is 35.5. The van der Waals surface area contributed by atoms with Crippen molar-refractivity contribution >= 4 is 28.5 Å². The maximum Gasteiger partial charge on any atom is 0.262 e. The zero-order chi connectivity index (χ0) is 15.8. The summed E-state index contributed by atoms with van der Waals surface area (Å²) < 4.78 is 1.84. The first-order chi connectivity index (χ1) is 11.2. The van der Waals surface area contributed by atoms with Gasteiger partial charge in [0.25, 0.3) is 5.56 Å². The van der Waals surface area contributed by atoms with E-state index in [1.807, 2.05) is 16.7 Å². The molecule has 0 atom stereocenters. The molecule has 0 unspecified atom stereocenters. The summed E-state index contributed by atoms with van der Waals surface area (Å²) in [4.78, 5) is 19.9. The lowest BCUT2D eigenvalue weighted by Crippen LogP contribution is -2.41. The minimum Gasteiger partial charge on any atom is -0.342 e. The summed E-state index contributed by atoms with van der Waals surface area (Å²) in [5.74, 6) is 1.59. The maximum atomic E-state index is 12.8. The average molecular weight is 332 g/mol. The molecule has 2 aliphatic rings. The van der Waals surface area contributed by atoms with Crippen molar-refractivity contribution in [1.82, 2.24) is 9.55 Å². The first-order valence-electron chi connectivity index (χ1n) is 8.67. The Morgan fingerprint density at radius 3 is 2.78 bits per heavy atom. The third kappa shape index (κ3) is 2.85. The van der Waals surface area contributed by atoms with Gasteiger partial charge in [-0.05, 0) is 43.4 Å². The van der Waals surface area contributed by atoms with Gasteiger partial charge >= 0.3 is 0 Å². The predicted molar refractivity (Wildman–Crippen MR) is 94.4 cm³/mol. The van der Waals surface area contributed by atoms with Crippen molar-refractivity contribution in [2.45, 2.75) is 45.1 Å². The molecule has 0 N–H and O–H groups in total. The van der Waals surface area contributed by atoms with Gasteiger partial charge in [-0.3, -0.25) is 9.36 Å². The second kappa shape index (κ2) is 6.16. The number of rotatable bonds is 2. The van der Waals surface area contributed by atoms with Gasteiger partial charge in [0.1, 0.15) is 0 Å². The third-order valence-electron chi connectivity index (χ3n) is 5.19. The fourth-order valence-electron chi connectivity index (χ4n) is 4.00. The van der Waals surface area contributed by atoms with Gasteiger partial charge in [0, 0.05) is 24.7 Å². The zero-order valence-corrected chi connectivity index (χ0v) is 14.1. The predicted octanol–water partition coefficient (Wildman–Crippen LogP) is 3.84. The summed E-state index contributed by atoms with van der Waals surface area (Å²) in [5.41, 5.74) is 0.794. The Labute approximate surface area is 141 Å². The Kier molecular flexibility index (Phi) is 4.02. The van der Waals surface area contributed by atoms with Crippen LogP contribution in [0, 0.1) is 5.92 Å². The molecule has 1 aromatic carbocycles. The number of halogens is 1. The van der Waals surface area contributed by atoms with Crippen molar-refractivity contribution in [1.29, 1.82) is 0 Å². The molecule has 1 aromatic heterocycles. The van der Waals surface area contributed by atoms with Gasteiger partial charge in [-0.15, -0.1) is 0 Å². The summed E-state index contributed by atoms with van der Waals surface area (Å²) >= 11 is 6.04. The molecule has 23 heavy (non-hydrogen) atoms. The number of fused-ring (bicyclic) bond motifs is 2. The summed E-state index contributed by atoms with van der Waals surface area (Å²) in [6, 6.07) is 5.40. The molecule has 0 radical (unpaired) electrons. The van der Waals surface area contributed by atoms with Gasteiger partial charge < -0.3 is 4.90 Å². The molecular weight excluding hydrogens is 310 g/mol. The lowest BCUT2D eigenvalue weighted by molar-refractivity contribution is 0.349. The van der Waals surface area contributed by atoms with Gasteiger partial charge in [-0.1, -0.05) is 30.9 Å². The molecule has 4 nitrogen and oxygen atoms in total. The number of hydrogen-bond donors (Lipinski definition) is 0. The third-order valence-corrected chi connectivity index (χ3v) is 5.43. The molecule has 2 heterocycles. The Morgan fingerprint density at radius 1 is 1.13 bits per heavy atom. The molecule has 1 saturated carbocycles. The van der Waals surface area contributed by atoms with Crippen LogP contribution >= 0.6 is 11.6 Å². The molecule has 1 fully saturated rings. The largest absolute Gasteiger partial charge is 0.342 e. The number of anilines is 1. The standard InChI is InChI=1S/C18H22ClN3O/c19-14-7-8-16-15(11-14)17(23)22-10-4-9-21(18(22)20-16)12-13-5-2-1-3-6-13/h7-8,11,13H,1-6,9-10,12H2. The SMILES string of the molecule is O=c1c2cc(Cl)ccc2nc2n1CCCN2CC1CCCCC1. The van der Waals surface area contributed by atoms with Gasteiger partial charge in [-0.2, -0.15) is 0 Å². The van der Waals surface area contributed by atoms with E-state index in [2.05, 4.69) is 4.90 Å². The monoisotopic (exact) mass is 331 g/mol. The maximum absolute atomic E-state index is 12.8. The Balaban J connectivity index is 1.73. The van der Waals surface area contributed by atoms with Crippen molar-refractivity contribution in [3.05, 3.63) is 33.6 Å². The molecule has 0 bridgehead atoms. The summed E-state index contributed by atoms with van der Waals surface area (Å²) in [5, 5.41) is 1.22. The topological polar surface area (TPSA) is 38.1 Å². The fourth-order valence-corrected chi connectivity index (χ4v) is 4.17. The Bertz CT molecular complexity index is 780. The smallest absolute Gasteiger partial charge is 0.262 e. The van der Waals surface area contributed by atoms with Crippen LogP contribution in [0.1, 0.15) is 38.5 Å². The van der Waals surface area contributed by atoms with Crippen LogP contribution in [0.5, 0.6) is 0 Å². The first kappa shape index (κ1) is 15.0. The van der Waals surface area contributed by atoms with Crippen LogP contribution in [-0.2, 0) is 6.54 Å². The molecule has 0 saturated heterocycles. The molecule has 0 amide bonds. The molecule has 4 rings (SSSR count). The van der Waals surface area contributed by atoms with E-state index in [1.165, 1.54) is 32.1 Å². The molecule has 2 aromatic rings. The number of benzene rings is 1. The van der Waals surface area contributed by atoms with Crippen LogP contribution in [0.15, 0.2) is 23.0 Å². The number of aromatic nitrogens is 2. The lowest BCUT2D eigenvalue weighted by atomic mass is 9.89. The first-order valence-corrected chi connectivity index (χ1v) is 9.05. The minimum atomic E-state index is 0.0424. The second-order valence-corrected chi connectivity index (χ2v) is 7.27. The summed E-state index contributed by atoms with van der Waals surface area (Å²) in [6.07, 6.45) is 7.68. The number of hydrogen-bond acceptors (Lipinski definition) is 3. The highest BCUT2D eigenvalue weighted by Crippen LogP contribution is 2.28. The quantitative estimate of drug-likeness (QED) is 0.839. The highest BCUT2D eigenvalue weighted by molar-refractivity contribution is 6.31. The van der Waals surface area contributed by atoms with E-state index in [9.17, 15) is 4.79 Å². The fraction of sp³-hybridized carbons (Fsp3) is 0.556. The van der Waals surface area contributed by atoms with Crippen molar-refractivity contribution in [2.24, 2.45) is 5.92 Å². The minimum absolute atomic E-state index is 0.0424. The van der Waals surface area contributed by atoms with Crippen LogP contribution in [0.2, 0.25) is 5.02 Å². The highest BCUT2D eigenvalue weighted by Gasteiger charge is 2.24. The summed E-state index contributed by atoms with van der Waals surface area (Å²) in [7, 11) is 0. The van der Waals surface area contributed by atoms with Crippen LogP contribution in [-0.4, -0.2) is 22.6 Å². The summed E-state index contributed by atoms with van der Waals surface area (Å²) in [6.45, 7) is 2.79. The van der Waals surface area contributed by atoms with Crippen molar-refractivity contribution in [3.8, 4) is 0 Å². The lowest BCUT2D eigenvalue weighted by Gasteiger charge is -2.34. The van der Waals surface area contributed by atoms with Crippen LogP contribution in [0.3, 0.4) is 0 Å². The van der Waals surface area contributed by atoms with Gasteiger partial charge in [0.05, 0.1) is 10.9 Å².